The second-order valence-electron chi connectivity index (χ2n) is 12.4. The van der Waals surface area contributed by atoms with Gasteiger partial charge < -0.3 is 0 Å². The van der Waals surface area contributed by atoms with Crippen LogP contribution in [0.3, 0.4) is 0 Å². The van der Waals surface area contributed by atoms with Crippen LogP contribution in [0.5, 0.6) is 0 Å². The van der Waals surface area contributed by atoms with Crippen LogP contribution < -0.4 is 0 Å². The van der Waals surface area contributed by atoms with Gasteiger partial charge in [-0.3, -0.25) is 0 Å². The zero-order chi connectivity index (χ0) is 22.8. The molecule has 0 aromatic heterocycles. The molecule has 0 radical (unpaired) electrons. The van der Waals surface area contributed by atoms with Gasteiger partial charge in [0.2, 0.25) is 0 Å². The van der Waals surface area contributed by atoms with E-state index in [2.05, 4.69) is 60.0 Å². The molecule has 0 aliphatic carbocycles. The molecule has 0 spiro atoms. The van der Waals surface area contributed by atoms with Crippen LogP contribution in [0.1, 0.15) is 50.0 Å². The van der Waals surface area contributed by atoms with E-state index < -0.39 is 42.8 Å². The Labute approximate surface area is 214 Å². The van der Waals surface area contributed by atoms with Crippen molar-refractivity contribution in [3.05, 3.63) is 45.0 Å². The van der Waals surface area contributed by atoms with E-state index in [1.165, 1.54) is 44.1 Å². The Morgan fingerprint density at radius 3 is 1.87 bits per heavy atom. The third kappa shape index (κ3) is 4.19. The van der Waals surface area contributed by atoms with Gasteiger partial charge in [-0.15, -0.1) is 0 Å². The van der Waals surface area contributed by atoms with Gasteiger partial charge >= 0.3 is 216 Å². The third-order valence-corrected chi connectivity index (χ3v) is 40.4. The van der Waals surface area contributed by atoms with Crippen LogP contribution in [0.2, 0.25) is 38.4 Å². The summed E-state index contributed by atoms with van der Waals surface area (Å²) in [5.74, 6) is 1.83. The van der Waals surface area contributed by atoms with Gasteiger partial charge in [-0.1, -0.05) is 0 Å². The van der Waals surface area contributed by atoms with Crippen LogP contribution in [-0.2, 0) is 0 Å². The maximum absolute atomic E-state index is 7.42. The molecule has 2 fully saturated rings. The fourth-order valence-electron chi connectivity index (χ4n) is 7.88. The molecule has 31 heavy (non-hydrogen) atoms. The molecule has 0 saturated carbocycles. The maximum atomic E-state index is 7.42. The zero-order valence-electron chi connectivity index (χ0n) is 20.1. The Balaban J connectivity index is 2.16. The summed E-state index contributed by atoms with van der Waals surface area (Å²) in [5, 5.41) is 0. The summed E-state index contributed by atoms with van der Waals surface area (Å²) < 4.78 is 1.79. The fourth-order valence-corrected chi connectivity index (χ4v) is 52.4. The van der Waals surface area contributed by atoms with E-state index in [-0.39, 0.29) is 2.95 Å². The Hall–Kier alpha value is 1.71. The van der Waals surface area contributed by atoms with E-state index in [9.17, 15) is 0 Å². The van der Waals surface area contributed by atoms with Crippen LogP contribution in [0, 0.1) is 5.92 Å². The van der Waals surface area contributed by atoms with Gasteiger partial charge in [-0.2, -0.15) is 0 Å². The molecular formula is C24H38BCl3SiSn2. The zero-order valence-corrected chi connectivity index (χ0v) is 29.0. The van der Waals surface area contributed by atoms with Crippen molar-refractivity contribution in [3.8, 4) is 0 Å². The van der Waals surface area contributed by atoms with Crippen LogP contribution in [0.25, 0.3) is 0 Å². The topological polar surface area (TPSA) is 0 Å². The van der Waals surface area contributed by atoms with E-state index in [1.54, 1.807) is 0 Å². The number of rotatable bonds is 4. The quantitative estimate of drug-likeness (QED) is 0.216. The van der Waals surface area contributed by atoms with Crippen molar-refractivity contribution in [1.82, 2.24) is 0 Å². The van der Waals surface area contributed by atoms with Crippen molar-refractivity contribution in [2.24, 2.45) is 5.92 Å². The fraction of sp³-hybridized carbons (Fsp3) is 0.667. The van der Waals surface area contributed by atoms with Crippen LogP contribution >= 0.6 is 33.2 Å². The average molecular weight is 709 g/mol. The van der Waals surface area contributed by atoms with Crippen LogP contribution in [-0.4, -0.2) is 49.5 Å². The third-order valence-electron chi connectivity index (χ3n) is 8.70. The first-order valence-electron chi connectivity index (χ1n) is 12.2. The van der Waals surface area contributed by atoms with E-state index in [0.717, 1.165) is 11.7 Å². The minimum absolute atomic E-state index is 0.0832. The normalized spacial score (nSPS) is 32.2. The number of hydrogen-bond donors (Lipinski definition) is 0. The number of allylic oxidation sites excluding steroid dienone is 2. The van der Waals surface area contributed by atoms with Gasteiger partial charge in [0.05, 0.1) is 0 Å². The Morgan fingerprint density at radius 1 is 0.871 bits per heavy atom. The summed E-state index contributed by atoms with van der Waals surface area (Å²) in [6, 6.07) is 8.24. The average Bonchev–Trinajstić information content (AvgIpc) is 2.74. The van der Waals surface area contributed by atoms with Gasteiger partial charge in [0.25, 0.3) is 0 Å². The Kier molecular flexibility index (Phi) is 7.47. The Morgan fingerprint density at radius 2 is 1.42 bits per heavy atom. The molecule has 0 amide bonds. The molecule has 4 rings (SSSR count). The SMILES string of the molecule is [CH3][Sn]([CH3])([CH3])[C]1=C2B(C3CCCC2CCC3)[C@@]([Si](Cl)(Cl)Cl)([Sn]([CH3])([CH3])[CH3])[C@@H]1c1ccccc1. The second kappa shape index (κ2) is 8.98. The van der Waals surface area contributed by atoms with Crippen molar-refractivity contribution < 1.29 is 0 Å². The van der Waals surface area contributed by atoms with E-state index >= 15 is 0 Å². The molecule has 3 aliphatic rings. The standard InChI is InChI=1S/C18H20BCl3Si.6CH3.2Sn/c20-23(21,22)18-16(13-6-2-1-3-7-13)12-17-14-8-4-10-15(19(17)18)11-5-9-14;;;;;;;;/h1-3,6-7,14-16H,4-5,8-11H2;6*1H3;;/t14?,15?,16-;;;;;;;;/m0......../s1. The van der Waals surface area contributed by atoms with Crippen molar-refractivity contribution >= 4 is 82.7 Å². The molecule has 3 heterocycles. The molecule has 1 aromatic rings. The van der Waals surface area contributed by atoms with Crippen molar-refractivity contribution in [2.75, 3.05) is 0 Å². The summed E-state index contributed by atoms with van der Waals surface area (Å²) in [4.78, 5) is 15.7. The molecular weight excluding hydrogens is 671 g/mol. The predicted molar refractivity (Wildman–Crippen MR) is 150 cm³/mol. The number of halogens is 3. The Bertz CT molecular complexity index is 830. The summed E-state index contributed by atoms with van der Waals surface area (Å²) in [5.41, 5.74) is 3.32. The second-order valence-corrected chi connectivity index (χ2v) is 52.1. The monoisotopic (exact) mass is 710 g/mol. The van der Waals surface area contributed by atoms with Crippen molar-refractivity contribution in [3.63, 3.8) is 0 Å². The van der Waals surface area contributed by atoms with Gasteiger partial charge in [0, 0.05) is 0 Å². The number of hydrogen-bond acceptors (Lipinski definition) is 0. The summed E-state index contributed by atoms with van der Waals surface area (Å²) in [6.45, 7) is 0.536. The number of benzene rings is 1. The van der Waals surface area contributed by atoms with Crippen molar-refractivity contribution in [1.29, 1.82) is 0 Å². The van der Waals surface area contributed by atoms with Gasteiger partial charge in [-0.05, 0) is 0 Å². The molecule has 7 heteroatoms. The molecule has 1 aromatic carbocycles. The van der Waals surface area contributed by atoms with Gasteiger partial charge in [-0.25, -0.2) is 0 Å². The molecule has 3 aliphatic heterocycles. The molecule has 0 nitrogen and oxygen atoms in total. The van der Waals surface area contributed by atoms with Crippen molar-refractivity contribution in [2.45, 2.75) is 82.9 Å². The summed E-state index contributed by atoms with van der Waals surface area (Å²) in [6.07, 6.45) is 8.17. The van der Waals surface area contributed by atoms with Gasteiger partial charge in [0.15, 0.2) is 0 Å². The van der Waals surface area contributed by atoms with Crippen LogP contribution in [0.4, 0.5) is 0 Å². The molecule has 0 unspecified atom stereocenters. The molecule has 2 bridgehead atoms. The van der Waals surface area contributed by atoms with Crippen LogP contribution in [0.15, 0.2) is 39.4 Å². The predicted octanol–water partition coefficient (Wildman–Crippen LogP) is 9.16. The molecule has 2 atom stereocenters. The first-order valence-corrected chi connectivity index (χ1v) is 37.2. The van der Waals surface area contributed by atoms with Gasteiger partial charge in [0.1, 0.15) is 0 Å². The van der Waals surface area contributed by atoms with E-state index in [0.29, 0.717) is 12.6 Å². The molecule has 0 N–H and O–H groups in total. The van der Waals surface area contributed by atoms with E-state index in [1.807, 2.05) is 9.06 Å². The first-order chi connectivity index (χ1) is 14.3. The van der Waals surface area contributed by atoms with E-state index in [4.69, 9.17) is 33.2 Å². The molecule has 2 saturated heterocycles. The summed E-state index contributed by atoms with van der Waals surface area (Å²) >= 11 is 16.9. The first kappa shape index (κ1) is 25.8. The molecule has 170 valence electrons. The summed E-state index contributed by atoms with van der Waals surface area (Å²) in [7, 11) is 0. The minimum atomic E-state index is -3.06.